The van der Waals surface area contributed by atoms with E-state index in [2.05, 4.69) is 4.98 Å². The topological polar surface area (TPSA) is 95.7 Å². The van der Waals surface area contributed by atoms with Gasteiger partial charge < -0.3 is 0 Å². The molecule has 0 saturated heterocycles. The summed E-state index contributed by atoms with van der Waals surface area (Å²) in [5.74, 6) is -4.92. The third-order valence-corrected chi connectivity index (χ3v) is 4.92. The summed E-state index contributed by atoms with van der Waals surface area (Å²) in [4.78, 5) is 40.7. The molecule has 0 fully saturated rings. The van der Waals surface area contributed by atoms with E-state index in [1.54, 1.807) is 26.8 Å². The Balaban J connectivity index is 2.33. The Labute approximate surface area is 180 Å². The maximum atomic E-state index is 14.3. The van der Waals surface area contributed by atoms with Gasteiger partial charge in [0.2, 0.25) is 5.78 Å². The minimum absolute atomic E-state index is 0.0299. The number of aromatic amines is 1. The van der Waals surface area contributed by atoms with Crippen LogP contribution in [0.5, 0.6) is 0 Å². The molecule has 9 heteroatoms. The number of carbonyl (C=O) groups excluding carboxylic acids is 1. The van der Waals surface area contributed by atoms with Crippen LogP contribution in [0.3, 0.4) is 0 Å². The van der Waals surface area contributed by atoms with Crippen molar-refractivity contribution >= 4 is 5.78 Å². The van der Waals surface area contributed by atoms with Crippen molar-refractivity contribution in [2.24, 2.45) is 0 Å². The van der Waals surface area contributed by atoms with Crippen LogP contribution in [0.4, 0.5) is 13.2 Å². The number of halogens is 3. The molecule has 3 aromatic rings. The third kappa shape index (κ3) is 4.25. The molecule has 0 aliphatic heterocycles. The number of hydrogen-bond acceptors (Lipinski definition) is 4. The maximum absolute atomic E-state index is 14.3. The first-order chi connectivity index (χ1) is 15.0. The van der Waals surface area contributed by atoms with Gasteiger partial charge in [0, 0.05) is 28.8 Å². The Hall–Kier alpha value is -3.93. The zero-order valence-corrected chi connectivity index (χ0v) is 17.4. The summed E-state index contributed by atoms with van der Waals surface area (Å²) < 4.78 is 42.6. The van der Waals surface area contributed by atoms with Crippen LogP contribution in [-0.2, 0) is 6.54 Å². The number of hydrogen-bond donors (Lipinski definition) is 1. The Morgan fingerprint density at radius 3 is 2.28 bits per heavy atom. The van der Waals surface area contributed by atoms with E-state index in [0.717, 1.165) is 4.57 Å². The molecule has 164 valence electrons. The van der Waals surface area contributed by atoms with Crippen LogP contribution in [0.15, 0.2) is 39.9 Å². The number of ketones is 1. The third-order valence-electron chi connectivity index (χ3n) is 4.92. The molecule has 32 heavy (non-hydrogen) atoms. The molecule has 0 atom stereocenters. The predicted molar refractivity (Wildman–Crippen MR) is 110 cm³/mol. The van der Waals surface area contributed by atoms with Crippen LogP contribution in [0, 0.1) is 35.7 Å². The summed E-state index contributed by atoms with van der Waals surface area (Å²) in [5.41, 5.74) is -2.11. The monoisotopic (exact) mass is 441 g/mol. The fourth-order valence-corrected chi connectivity index (χ4v) is 3.51. The molecular formula is C23H18F3N3O3. The van der Waals surface area contributed by atoms with Gasteiger partial charge in [-0.05, 0) is 36.6 Å². The van der Waals surface area contributed by atoms with Gasteiger partial charge in [-0.1, -0.05) is 13.8 Å². The first-order valence-corrected chi connectivity index (χ1v) is 9.60. The standard InChI is InChI=1S/C23H18F3N3O3/c1-11(2)19-20(21(30)14-5-12(3)4-13(6-14)9-27)29(23(32)28-22(19)31)10-16-17(25)7-15(24)8-18(16)26/h4-8,11H,10H2,1-3H3,(H,28,31,32). The second-order valence-corrected chi connectivity index (χ2v) is 7.64. The normalized spacial score (nSPS) is 10.9. The minimum Gasteiger partial charge on any atom is -0.287 e. The van der Waals surface area contributed by atoms with Crippen LogP contribution >= 0.6 is 0 Å². The number of carbonyl (C=O) groups is 1. The second kappa shape index (κ2) is 8.67. The first-order valence-electron chi connectivity index (χ1n) is 9.60. The van der Waals surface area contributed by atoms with Crippen LogP contribution in [0.25, 0.3) is 0 Å². The van der Waals surface area contributed by atoms with Crippen LogP contribution in [-0.4, -0.2) is 15.3 Å². The van der Waals surface area contributed by atoms with E-state index in [9.17, 15) is 32.8 Å². The molecular weight excluding hydrogens is 423 g/mol. The number of aryl methyl sites for hydroxylation is 1. The number of H-pyrrole nitrogens is 1. The van der Waals surface area contributed by atoms with Gasteiger partial charge in [0.05, 0.1) is 18.2 Å². The van der Waals surface area contributed by atoms with E-state index in [4.69, 9.17) is 0 Å². The SMILES string of the molecule is Cc1cc(C#N)cc(C(=O)c2c(C(C)C)c(=O)[nH]c(=O)n2Cc2c(F)cc(F)cc2F)c1. The zero-order valence-electron chi connectivity index (χ0n) is 17.4. The van der Waals surface area contributed by atoms with Gasteiger partial charge >= 0.3 is 5.69 Å². The van der Waals surface area contributed by atoms with Crippen molar-refractivity contribution in [3.8, 4) is 6.07 Å². The molecule has 3 rings (SSSR count). The Morgan fingerprint density at radius 1 is 1.09 bits per heavy atom. The van der Waals surface area contributed by atoms with Crippen LogP contribution in [0.2, 0.25) is 0 Å². The molecule has 0 bridgehead atoms. The highest BCUT2D eigenvalue weighted by molar-refractivity contribution is 6.09. The summed E-state index contributed by atoms with van der Waals surface area (Å²) in [7, 11) is 0. The summed E-state index contributed by atoms with van der Waals surface area (Å²) >= 11 is 0. The summed E-state index contributed by atoms with van der Waals surface area (Å²) in [6, 6.07) is 7.17. The van der Waals surface area contributed by atoms with Crippen molar-refractivity contribution in [2.75, 3.05) is 0 Å². The number of aromatic nitrogens is 2. The summed E-state index contributed by atoms with van der Waals surface area (Å²) in [6.07, 6.45) is 0. The van der Waals surface area contributed by atoms with E-state index in [1.165, 1.54) is 12.1 Å². The van der Waals surface area contributed by atoms with E-state index >= 15 is 0 Å². The molecule has 1 N–H and O–H groups in total. The zero-order chi connectivity index (χ0) is 23.7. The minimum atomic E-state index is -1.24. The highest BCUT2D eigenvalue weighted by Gasteiger charge is 2.26. The largest absolute Gasteiger partial charge is 0.329 e. The molecule has 0 unspecified atom stereocenters. The number of nitrogens with zero attached hydrogens (tertiary/aromatic N) is 2. The highest BCUT2D eigenvalue weighted by atomic mass is 19.1. The van der Waals surface area contributed by atoms with Gasteiger partial charge in [-0.25, -0.2) is 18.0 Å². The van der Waals surface area contributed by atoms with Gasteiger partial charge in [0.1, 0.15) is 23.1 Å². The highest BCUT2D eigenvalue weighted by Crippen LogP contribution is 2.22. The Bertz CT molecular complexity index is 1380. The Kier molecular flexibility index (Phi) is 6.16. The first kappa shape index (κ1) is 22.7. The van der Waals surface area contributed by atoms with E-state index in [1.807, 2.05) is 6.07 Å². The quantitative estimate of drug-likeness (QED) is 0.613. The lowest BCUT2D eigenvalue weighted by molar-refractivity contribution is 0.102. The van der Waals surface area contributed by atoms with Gasteiger partial charge in [0.15, 0.2) is 0 Å². The van der Waals surface area contributed by atoms with E-state index < -0.39 is 52.5 Å². The van der Waals surface area contributed by atoms with Crippen molar-refractivity contribution in [1.29, 1.82) is 5.26 Å². The lowest BCUT2D eigenvalue weighted by Crippen LogP contribution is -2.38. The smallest absolute Gasteiger partial charge is 0.287 e. The molecule has 0 aliphatic rings. The maximum Gasteiger partial charge on any atom is 0.329 e. The number of rotatable bonds is 5. The second-order valence-electron chi connectivity index (χ2n) is 7.64. The average molecular weight is 441 g/mol. The Morgan fingerprint density at radius 2 is 1.72 bits per heavy atom. The van der Waals surface area contributed by atoms with Gasteiger partial charge in [-0.15, -0.1) is 0 Å². The molecule has 0 saturated carbocycles. The number of nitriles is 1. The number of nitrogens with one attached hydrogen (secondary N) is 1. The number of benzene rings is 2. The van der Waals surface area contributed by atoms with Crippen LogP contribution < -0.4 is 11.2 Å². The van der Waals surface area contributed by atoms with Crippen molar-refractivity contribution < 1.29 is 18.0 Å². The average Bonchev–Trinajstić information content (AvgIpc) is 2.69. The fourth-order valence-electron chi connectivity index (χ4n) is 3.51. The molecule has 1 heterocycles. The van der Waals surface area contributed by atoms with Crippen LogP contribution in [0.1, 0.15) is 58.1 Å². The van der Waals surface area contributed by atoms with E-state index in [-0.39, 0.29) is 22.4 Å². The van der Waals surface area contributed by atoms with Gasteiger partial charge in [-0.2, -0.15) is 5.26 Å². The fraction of sp³-hybridized carbons (Fsp3) is 0.217. The molecule has 0 radical (unpaired) electrons. The van der Waals surface area contributed by atoms with E-state index in [0.29, 0.717) is 17.7 Å². The van der Waals surface area contributed by atoms with Gasteiger partial charge in [0.25, 0.3) is 5.56 Å². The molecule has 0 aliphatic carbocycles. The van der Waals surface area contributed by atoms with Gasteiger partial charge in [-0.3, -0.25) is 19.1 Å². The molecule has 0 amide bonds. The summed E-state index contributed by atoms with van der Waals surface area (Å²) in [6.45, 7) is 4.14. The van der Waals surface area contributed by atoms with Crippen molar-refractivity contribution in [2.45, 2.75) is 33.2 Å². The van der Waals surface area contributed by atoms with Crippen molar-refractivity contribution in [3.05, 3.63) is 102 Å². The molecule has 0 spiro atoms. The molecule has 1 aromatic heterocycles. The lowest BCUT2D eigenvalue weighted by atomic mass is 9.95. The lowest BCUT2D eigenvalue weighted by Gasteiger charge is -2.18. The predicted octanol–water partition coefficient (Wildman–Crippen LogP) is 3.54. The summed E-state index contributed by atoms with van der Waals surface area (Å²) in [5, 5.41) is 9.22. The van der Waals surface area contributed by atoms with Crippen molar-refractivity contribution in [1.82, 2.24) is 9.55 Å². The molecule has 2 aromatic carbocycles. The van der Waals surface area contributed by atoms with Crippen molar-refractivity contribution in [3.63, 3.8) is 0 Å². The molecule has 6 nitrogen and oxygen atoms in total.